The molecule has 8 nitrogen and oxygen atoms in total. The minimum Gasteiger partial charge on any atom is -0.490 e. The number of benzene rings is 4. The number of para-hydroxylation sites is 1. The summed E-state index contributed by atoms with van der Waals surface area (Å²) in [5.74, 6) is 1.58. The van der Waals surface area contributed by atoms with Crippen LogP contribution in [0.2, 0.25) is 0 Å². The summed E-state index contributed by atoms with van der Waals surface area (Å²) in [7, 11) is 0. The molecule has 0 spiro atoms. The number of aromatic nitrogens is 1. The van der Waals surface area contributed by atoms with Crippen LogP contribution in [0.1, 0.15) is 42.1 Å². The van der Waals surface area contributed by atoms with E-state index in [1.807, 2.05) is 111 Å². The summed E-state index contributed by atoms with van der Waals surface area (Å²) >= 11 is 4.94. The van der Waals surface area contributed by atoms with Gasteiger partial charge in [0, 0.05) is 5.69 Å². The molecule has 5 aromatic rings. The zero-order chi connectivity index (χ0) is 34.5. The van der Waals surface area contributed by atoms with Gasteiger partial charge in [0.1, 0.15) is 19.0 Å². The first-order valence-electron chi connectivity index (χ1n) is 16.0. The van der Waals surface area contributed by atoms with Crippen LogP contribution in [0.15, 0.2) is 117 Å². The van der Waals surface area contributed by atoms with Gasteiger partial charge in [-0.25, -0.2) is 4.99 Å². The van der Waals surface area contributed by atoms with Crippen LogP contribution < -0.4 is 34.4 Å². The molecule has 0 saturated carbocycles. The van der Waals surface area contributed by atoms with Gasteiger partial charge in [0.25, 0.3) is 11.5 Å². The number of hydrogen-bond donors (Lipinski definition) is 1. The SMILES string of the molecule is CCOc1cc(/C=c2\sc3n(c2=O)[C@H](c2ccccc2)C(C(=O)Nc2ccccc2)=C(C)N=3)cc(Br)c1OCCOc1ccc(C)c(C)c1. The van der Waals surface area contributed by atoms with Gasteiger partial charge in [-0.05, 0) is 108 Å². The number of rotatable bonds is 11. The van der Waals surface area contributed by atoms with Gasteiger partial charge in [0.2, 0.25) is 0 Å². The van der Waals surface area contributed by atoms with E-state index in [1.54, 1.807) is 4.57 Å². The van der Waals surface area contributed by atoms with Gasteiger partial charge in [-0.2, -0.15) is 0 Å². The fourth-order valence-corrected chi connectivity index (χ4v) is 7.24. The highest BCUT2D eigenvalue weighted by molar-refractivity contribution is 9.10. The first-order chi connectivity index (χ1) is 23.7. The number of amides is 1. The Kier molecular flexibility index (Phi) is 10.5. The van der Waals surface area contributed by atoms with Crippen LogP contribution in [0, 0.1) is 13.8 Å². The van der Waals surface area contributed by atoms with Crippen molar-refractivity contribution in [3.63, 3.8) is 0 Å². The van der Waals surface area contributed by atoms with E-state index in [4.69, 9.17) is 19.2 Å². The Morgan fingerprint density at radius 2 is 1.63 bits per heavy atom. The molecule has 0 radical (unpaired) electrons. The van der Waals surface area contributed by atoms with Crippen molar-refractivity contribution < 1.29 is 19.0 Å². The average molecular weight is 739 g/mol. The molecule has 1 aliphatic heterocycles. The predicted molar refractivity (Wildman–Crippen MR) is 197 cm³/mol. The second-order valence-corrected chi connectivity index (χ2v) is 13.4. The van der Waals surface area contributed by atoms with Gasteiger partial charge in [-0.3, -0.25) is 14.2 Å². The fourth-order valence-electron chi connectivity index (χ4n) is 5.62. The quantitative estimate of drug-likeness (QED) is 0.146. The molecular weight excluding hydrogens is 702 g/mol. The molecule has 0 bridgehead atoms. The summed E-state index contributed by atoms with van der Waals surface area (Å²) in [4.78, 5) is 33.2. The summed E-state index contributed by atoms with van der Waals surface area (Å²) in [6.45, 7) is 8.93. The van der Waals surface area contributed by atoms with Crippen molar-refractivity contribution in [2.75, 3.05) is 25.1 Å². The van der Waals surface area contributed by atoms with Crippen molar-refractivity contribution in [1.82, 2.24) is 4.57 Å². The monoisotopic (exact) mass is 737 g/mol. The van der Waals surface area contributed by atoms with Crippen molar-refractivity contribution in [2.45, 2.75) is 33.7 Å². The molecule has 0 aliphatic carbocycles. The lowest BCUT2D eigenvalue weighted by molar-refractivity contribution is -0.113. The minimum absolute atomic E-state index is 0.243. The maximum absolute atomic E-state index is 14.2. The number of aryl methyl sites for hydroxylation is 2. The molecule has 2 heterocycles. The van der Waals surface area contributed by atoms with Crippen molar-refractivity contribution in [2.24, 2.45) is 4.99 Å². The van der Waals surface area contributed by atoms with Crippen LogP contribution in [0.3, 0.4) is 0 Å². The molecule has 0 saturated heterocycles. The number of ether oxygens (including phenoxy) is 3. The highest BCUT2D eigenvalue weighted by atomic mass is 79.9. The molecule has 1 aliphatic rings. The third-order valence-electron chi connectivity index (χ3n) is 8.12. The zero-order valence-corrected chi connectivity index (χ0v) is 30.1. The fraction of sp³-hybridized carbons (Fsp3) is 0.205. The number of fused-ring (bicyclic) bond motifs is 1. The first kappa shape index (κ1) is 34.0. The lowest BCUT2D eigenvalue weighted by Gasteiger charge is -2.25. The Balaban J connectivity index is 1.31. The highest BCUT2D eigenvalue weighted by Gasteiger charge is 2.32. The average Bonchev–Trinajstić information content (AvgIpc) is 3.39. The molecule has 10 heteroatoms. The predicted octanol–water partition coefficient (Wildman–Crippen LogP) is 7.11. The summed E-state index contributed by atoms with van der Waals surface area (Å²) in [5.41, 5.74) is 5.33. The van der Waals surface area contributed by atoms with Crippen molar-refractivity contribution in [3.8, 4) is 17.2 Å². The van der Waals surface area contributed by atoms with E-state index in [2.05, 4.69) is 35.1 Å². The number of carbonyl (C=O) groups excluding carboxylic acids is 1. The van der Waals surface area contributed by atoms with Gasteiger partial charge in [-0.1, -0.05) is 65.9 Å². The van der Waals surface area contributed by atoms with E-state index >= 15 is 0 Å². The lowest BCUT2D eigenvalue weighted by atomic mass is 9.95. The number of nitrogens with one attached hydrogen (secondary N) is 1. The topological polar surface area (TPSA) is 91.2 Å². The molecule has 0 unspecified atom stereocenters. The summed E-state index contributed by atoms with van der Waals surface area (Å²) < 4.78 is 20.7. The van der Waals surface area contributed by atoms with Crippen LogP contribution in [0.4, 0.5) is 5.69 Å². The zero-order valence-electron chi connectivity index (χ0n) is 27.7. The van der Waals surface area contributed by atoms with E-state index in [0.717, 1.165) is 16.9 Å². The second-order valence-electron chi connectivity index (χ2n) is 11.5. The Bertz CT molecular complexity index is 2210. The van der Waals surface area contributed by atoms with Gasteiger partial charge in [0.05, 0.1) is 32.9 Å². The molecule has 6 rings (SSSR count). The number of carbonyl (C=O) groups is 1. The number of anilines is 1. The largest absolute Gasteiger partial charge is 0.490 e. The van der Waals surface area contributed by atoms with Crippen molar-refractivity contribution >= 4 is 44.9 Å². The first-order valence-corrected chi connectivity index (χ1v) is 17.6. The highest BCUT2D eigenvalue weighted by Crippen LogP contribution is 2.37. The van der Waals surface area contributed by atoms with E-state index in [-0.39, 0.29) is 11.5 Å². The second kappa shape index (κ2) is 15.1. The molecule has 1 N–H and O–H groups in total. The standard InChI is InChI=1S/C39H36BrN3O5S/c1-5-46-32-22-27(21-31(40)36(32)48-19-18-47-30-17-16-24(2)25(3)20-30)23-33-38(45)43-35(28-12-8-6-9-13-28)34(26(4)41-39(43)49-33)37(44)42-29-14-10-7-11-15-29/h6-17,20-23,35H,5,18-19H2,1-4H3,(H,42,44)/b33-23-/t35-/m1/s1. The molecule has 1 atom stereocenters. The maximum Gasteiger partial charge on any atom is 0.271 e. The minimum atomic E-state index is -0.657. The van der Waals surface area contributed by atoms with E-state index in [0.29, 0.717) is 62.1 Å². The Morgan fingerprint density at radius 1 is 0.918 bits per heavy atom. The summed E-state index contributed by atoms with van der Waals surface area (Å²) in [5, 5.41) is 2.98. The molecule has 1 aromatic heterocycles. The normalized spacial score (nSPS) is 14.2. The van der Waals surface area contributed by atoms with Crippen molar-refractivity contribution in [3.05, 3.63) is 149 Å². The Labute approximate surface area is 297 Å². The molecule has 250 valence electrons. The van der Waals surface area contributed by atoms with E-state index < -0.39 is 6.04 Å². The number of halogens is 1. The van der Waals surface area contributed by atoms with E-state index in [1.165, 1.54) is 22.5 Å². The Hall–Kier alpha value is -4.93. The lowest BCUT2D eigenvalue weighted by Crippen LogP contribution is -2.40. The van der Waals surface area contributed by atoms with Crippen molar-refractivity contribution in [1.29, 1.82) is 0 Å². The van der Waals surface area contributed by atoms with Gasteiger partial charge < -0.3 is 19.5 Å². The number of thiazole rings is 1. The van der Waals surface area contributed by atoms with Crippen LogP contribution in [-0.4, -0.2) is 30.3 Å². The van der Waals surface area contributed by atoms with Crippen LogP contribution >= 0.6 is 27.3 Å². The Morgan fingerprint density at radius 3 is 2.35 bits per heavy atom. The number of allylic oxidation sites excluding steroid dienone is 1. The summed E-state index contributed by atoms with van der Waals surface area (Å²) in [6, 6.07) is 27.9. The molecule has 1 amide bonds. The molecule has 49 heavy (non-hydrogen) atoms. The van der Waals surface area contributed by atoms with Crippen LogP contribution in [0.5, 0.6) is 17.2 Å². The third kappa shape index (κ3) is 7.55. The number of nitrogens with zero attached hydrogens (tertiary/aromatic N) is 2. The molecular formula is C39H36BrN3O5S. The van der Waals surface area contributed by atoms with Gasteiger partial charge >= 0.3 is 0 Å². The third-order valence-corrected chi connectivity index (χ3v) is 9.69. The molecule has 0 fully saturated rings. The van der Waals surface area contributed by atoms with E-state index in [9.17, 15) is 9.59 Å². The van der Waals surface area contributed by atoms with Crippen LogP contribution in [-0.2, 0) is 4.79 Å². The number of hydrogen-bond acceptors (Lipinski definition) is 7. The van der Waals surface area contributed by atoms with Gasteiger partial charge in [-0.15, -0.1) is 0 Å². The maximum atomic E-state index is 14.2. The van der Waals surface area contributed by atoms with Gasteiger partial charge in [0.15, 0.2) is 16.3 Å². The summed E-state index contributed by atoms with van der Waals surface area (Å²) in [6.07, 6.45) is 1.81. The molecule has 4 aromatic carbocycles. The van der Waals surface area contributed by atoms with Crippen LogP contribution in [0.25, 0.3) is 6.08 Å². The smallest absolute Gasteiger partial charge is 0.271 e.